The van der Waals surface area contributed by atoms with Crippen LogP contribution in [0.1, 0.15) is 42.4 Å². The summed E-state index contributed by atoms with van der Waals surface area (Å²) in [4.78, 5) is 0. The van der Waals surface area contributed by atoms with Gasteiger partial charge in [0.1, 0.15) is 23.9 Å². The first-order chi connectivity index (χ1) is 9.60. The molecule has 0 aliphatic rings. The normalized spacial score (nSPS) is 11.1. The molecule has 0 bridgehead atoms. The zero-order valence-corrected chi connectivity index (χ0v) is 12.7. The smallest absolute Gasteiger partial charge is 0.146 e. The van der Waals surface area contributed by atoms with Gasteiger partial charge in [-0.05, 0) is 49.2 Å². The summed E-state index contributed by atoms with van der Waals surface area (Å²) in [5.41, 5.74) is 2.44. The Morgan fingerprint density at radius 1 is 1.15 bits per heavy atom. The quantitative estimate of drug-likeness (QED) is 0.863. The highest BCUT2D eigenvalue weighted by Crippen LogP contribution is 2.25. The predicted molar refractivity (Wildman–Crippen MR) is 81.1 cm³/mol. The van der Waals surface area contributed by atoms with Crippen LogP contribution in [0.25, 0.3) is 0 Å². The van der Waals surface area contributed by atoms with Crippen LogP contribution in [0.3, 0.4) is 0 Å². The summed E-state index contributed by atoms with van der Waals surface area (Å²) in [5.74, 6) is 3.22. The van der Waals surface area contributed by atoms with E-state index >= 15 is 0 Å². The average molecular weight is 273 g/mol. The van der Waals surface area contributed by atoms with E-state index in [0.717, 1.165) is 29.4 Å². The molecule has 0 aliphatic heterocycles. The second kappa shape index (κ2) is 6.62. The Morgan fingerprint density at radius 3 is 2.60 bits per heavy atom. The van der Waals surface area contributed by atoms with Crippen molar-refractivity contribution in [2.45, 2.75) is 39.8 Å². The monoisotopic (exact) mass is 273 g/mol. The Morgan fingerprint density at radius 2 is 1.90 bits per heavy atom. The molecule has 0 unspecified atom stereocenters. The highest BCUT2D eigenvalue weighted by molar-refractivity contribution is 5.37. The number of hydrogen-bond donors (Lipinski definition) is 1. The fourth-order valence-electron chi connectivity index (χ4n) is 2.05. The van der Waals surface area contributed by atoms with E-state index in [2.05, 4.69) is 44.3 Å². The van der Waals surface area contributed by atoms with E-state index in [-0.39, 0.29) is 0 Å². The second-order valence-electron chi connectivity index (χ2n) is 5.37. The molecular weight excluding hydrogens is 250 g/mol. The maximum absolute atomic E-state index is 5.89. The van der Waals surface area contributed by atoms with Crippen molar-refractivity contribution in [3.8, 4) is 5.75 Å². The van der Waals surface area contributed by atoms with Gasteiger partial charge in [0.05, 0.1) is 6.54 Å². The van der Waals surface area contributed by atoms with Crippen molar-refractivity contribution < 1.29 is 9.15 Å². The molecule has 0 amide bonds. The van der Waals surface area contributed by atoms with Gasteiger partial charge in [0, 0.05) is 0 Å². The molecule has 0 atom stereocenters. The van der Waals surface area contributed by atoms with E-state index in [9.17, 15) is 0 Å². The number of furan rings is 1. The average Bonchev–Trinajstić information content (AvgIpc) is 2.86. The molecule has 3 nitrogen and oxygen atoms in total. The minimum Gasteiger partial charge on any atom is -0.485 e. The summed E-state index contributed by atoms with van der Waals surface area (Å²) in [6, 6.07) is 10.3. The van der Waals surface area contributed by atoms with E-state index in [1.54, 1.807) is 0 Å². The van der Waals surface area contributed by atoms with Crippen LogP contribution >= 0.6 is 0 Å². The van der Waals surface area contributed by atoms with E-state index in [0.29, 0.717) is 12.5 Å². The van der Waals surface area contributed by atoms with Crippen molar-refractivity contribution in [3.05, 3.63) is 53.0 Å². The first-order valence-electron chi connectivity index (χ1n) is 7.05. The van der Waals surface area contributed by atoms with Gasteiger partial charge >= 0.3 is 0 Å². The Balaban J connectivity index is 2.04. The maximum Gasteiger partial charge on any atom is 0.146 e. The molecule has 1 heterocycles. The fraction of sp³-hybridized carbons (Fsp3) is 0.412. The fourth-order valence-corrected chi connectivity index (χ4v) is 2.05. The van der Waals surface area contributed by atoms with Crippen molar-refractivity contribution >= 4 is 0 Å². The highest BCUT2D eigenvalue weighted by Gasteiger charge is 2.07. The topological polar surface area (TPSA) is 34.4 Å². The molecule has 0 fully saturated rings. The van der Waals surface area contributed by atoms with Crippen LogP contribution in [-0.2, 0) is 13.2 Å². The number of benzene rings is 1. The van der Waals surface area contributed by atoms with E-state index in [1.165, 1.54) is 5.56 Å². The molecule has 1 aromatic carbocycles. The van der Waals surface area contributed by atoms with Crippen LogP contribution in [0.15, 0.2) is 34.7 Å². The maximum atomic E-state index is 5.89. The number of ether oxygens (including phenoxy) is 1. The van der Waals surface area contributed by atoms with Gasteiger partial charge in [0.15, 0.2) is 0 Å². The molecule has 2 rings (SSSR count). The van der Waals surface area contributed by atoms with Gasteiger partial charge in [-0.3, -0.25) is 0 Å². The SMILES string of the molecule is CNCc1ccc(COc2cc(C(C)C)ccc2C)o1. The summed E-state index contributed by atoms with van der Waals surface area (Å²) < 4.78 is 11.6. The Bertz CT molecular complexity index is 558. The zero-order chi connectivity index (χ0) is 14.5. The lowest BCUT2D eigenvalue weighted by atomic mass is 10.0. The summed E-state index contributed by atoms with van der Waals surface area (Å²) >= 11 is 0. The molecule has 0 aliphatic carbocycles. The van der Waals surface area contributed by atoms with E-state index in [4.69, 9.17) is 9.15 Å². The molecular formula is C17H23NO2. The summed E-state index contributed by atoms with van der Waals surface area (Å²) in [6.07, 6.45) is 0. The van der Waals surface area contributed by atoms with Crippen molar-refractivity contribution in [1.82, 2.24) is 5.32 Å². The molecule has 108 valence electrons. The Labute approximate surface area is 121 Å². The number of rotatable bonds is 6. The molecule has 1 aromatic heterocycles. The first kappa shape index (κ1) is 14.7. The van der Waals surface area contributed by atoms with Crippen molar-refractivity contribution in [1.29, 1.82) is 0 Å². The van der Waals surface area contributed by atoms with E-state index < -0.39 is 0 Å². The van der Waals surface area contributed by atoms with Crippen LogP contribution in [0.5, 0.6) is 5.75 Å². The largest absolute Gasteiger partial charge is 0.485 e. The van der Waals surface area contributed by atoms with Crippen molar-refractivity contribution in [2.24, 2.45) is 0 Å². The summed E-state index contributed by atoms with van der Waals surface area (Å²) in [5, 5.41) is 3.07. The van der Waals surface area contributed by atoms with Gasteiger partial charge < -0.3 is 14.5 Å². The lowest BCUT2D eigenvalue weighted by molar-refractivity contribution is 0.263. The van der Waals surface area contributed by atoms with E-state index in [1.807, 2.05) is 19.2 Å². The Kier molecular flexibility index (Phi) is 4.85. The molecule has 3 heteroatoms. The molecule has 0 saturated heterocycles. The van der Waals surface area contributed by atoms with Crippen molar-refractivity contribution in [3.63, 3.8) is 0 Å². The third-order valence-corrected chi connectivity index (χ3v) is 3.32. The molecule has 20 heavy (non-hydrogen) atoms. The van der Waals surface area contributed by atoms with Crippen LogP contribution < -0.4 is 10.1 Å². The van der Waals surface area contributed by atoms with Crippen LogP contribution in [-0.4, -0.2) is 7.05 Å². The lowest BCUT2D eigenvalue weighted by Crippen LogP contribution is -2.03. The molecule has 2 aromatic rings. The van der Waals surface area contributed by atoms with Gasteiger partial charge in [-0.25, -0.2) is 0 Å². The highest BCUT2D eigenvalue weighted by atomic mass is 16.5. The third kappa shape index (κ3) is 3.64. The van der Waals surface area contributed by atoms with Gasteiger partial charge in [-0.1, -0.05) is 26.0 Å². The van der Waals surface area contributed by atoms with Crippen LogP contribution in [0.2, 0.25) is 0 Å². The minimum atomic E-state index is 0.464. The number of nitrogens with one attached hydrogen (secondary N) is 1. The van der Waals surface area contributed by atoms with Gasteiger partial charge in [-0.2, -0.15) is 0 Å². The molecule has 1 N–H and O–H groups in total. The zero-order valence-electron chi connectivity index (χ0n) is 12.7. The van der Waals surface area contributed by atoms with Crippen LogP contribution in [0.4, 0.5) is 0 Å². The first-order valence-corrected chi connectivity index (χ1v) is 7.05. The molecule has 0 spiro atoms. The third-order valence-electron chi connectivity index (χ3n) is 3.32. The summed E-state index contributed by atoms with van der Waals surface area (Å²) in [7, 11) is 1.90. The Hall–Kier alpha value is -1.74. The standard InChI is InChI=1S/C17H23NO2/c1-12(2)14-6-5-13(3)17(9-14)19-11-16-8-7-15(20-16)10-18-4/h5-9,12,18H,10-11H2,1-4H3. The summed E-state index contributed by atoms with van der Waals surface area (Å²) in [6.45, 7) is 7.64. The number of aryl methyl sites for hydroxylation is 1. The number of hydrogen-bond acceptors (Lipinski definition) is 3. The van der Waals surface area contributed by atoms with Gasteiger partial charge in [-0.15, -0.1) is 0 Å². The second-order valence-corrected chi connectivity index (χ2v) is 5.37. The van der Waals surface area contributed by atoms with Crippen molar-refractivity contribution in [2.75, 3.05) is 7.05 Å². The van der Waals surface area contributed by atoms with Gasteiger partial charge in [0.2, 0.25) is 0 Å². The van der Waals surface area contributed by atoms with Crippen LogP contribution in [0, 0.1) is 6.92 Å². The minimum absolute atomic E-state index is 0.464. The predicted octanol–water partition coefficient (Wildman–Crippen LogP) is 4.01. The lowest BCUT2D eigenvalue weighted by Gasteiger charge is -2.12. The molecule has 0 radical (unpaired) electrons. The van der Waals surface area contributed by atoms with Gasteiger partial charge in [0.25, 0.3) is 0 Å². The molecule has 0 saturated carbocycles.